The Morgan fingerprint density at radius 1 is 1.12 bits per heavy atom. The third-order valence-electron chi connectivity index (χ3n) is 6.20. The Hall–Kier alpha value is -2.01. The lowest BCUT2D eigenvalue weighted by molar-refractivity contribution is -0.136. The van der Waals surface area contributed by atoms with Crippen molar-refractivity contribution in [3.63, 3.8) is 0 Å². The largest absolute Gasteiger partial charge is 0.493 e. The Labute approximate surface area is 149 Å². The van der Waals surface area contributed by atoms with Gasteiger partial charge in [0.1, 0.15) is 4.75 Å². The molecule has 1 aromatic rings. The van der Waals surface area contributed by atoms with Crippen LogP contribution >= 0.6 is 0 Å². The molecule has 0 radical (unpaired) electrons. The number of carbonyl (C=O) groups is 2. The molecule has 1 saturated carbocycles. The van der Waals surface area contributed by atoms with Gasteiger partial charge in [0.2, 0.25) is 5.78 Å². The van der Waals surface area contributed by atoms with Crippen LogP contribution in [0.25, 0.3) is 0 Å². The normalized spacial score (nSPS) is 37.0. The van der Waals surface area contributed by atoms with Crippen molar-refractivity contribution in [3.8, 4) is 0 Å². The molecule has 0 N–H and O–H groups in total. The molecule has 1 aromatic carbocycles. The van der Waals surface area contributed by atoms with Crippen molar-refractivity contribution in [1.29, 1.82) is 0 Å². The van der Waals surface area contributed by atoms with Gasteiger partial charge in [-0.15, -0.1) is 0 Å². The standard InChI is InChI=1S/C20H20O4S/c1-12-4-8-15(9-5-12)25(23)20-14-7-6-13(10-14)19(20,2)17(21)11-16(24-3)18(20)22/h4-9,11,13-14H,10H2,1-3H3/t13-,14+,19+,20+,25?/m1/s1. The number of rotatable bonds is 3. The molecule has 1 unspecified atom stereocenters. The highest BCUT2D eigenvalue weighted by Gasteiger charge is 2.75. The molecule has 0 saturated heterocycles. The Balaban J connectivity index is 1.97. The molecule has 2 bridgehead atoms. The maximum atomic E-state index is 13.7. The lowest BCUT2D eigenvalue weighted by Crippen LogP contribution is -2.64. The topological polar surface area (TPSA) is 60.4 Å². The van der Waals surface area contributed by atoms with Crippen molar-refractivity contribution >= 4 is 22.4 Å². The summed E-state index contributed by atoms with van der Waals surface area (Å²) in [6.45, 7) is 3.76. The first kappa shape index (κ1) is 16.5. The summed E-state index contributed by atoms with van der Waals surface area (Å²) < 4.78 is 17.7. The van der Waals surface area contributed by atoms with Gasteiger partial charge in [0.25, 0.3) is 0 Å². The molecule has 5 atom stereocenters. The third kappa shape index (κ3) is 1.79. The van der Waals surface area contributed by atoms with Gasteiger partial charge >= 0.3 is 0 Å². The van der Waals surface area contributed by atoms with E-state index in [1.165, 1.54) is 13.2 Å². The molecule has 1 fully saturated rings. The van der Waals surface area contributed by atoms with E-state index in [1.54, 1.807) is 19.1 Å². The van der Waals surface area contributed by atoms with Crippen LogP contribution < -0.4 is 0 Å². The highest BCUT2D eigenvalue weighted by atomic mass is 32.2. The van der Waals surface area contributed by atoms with Gasteiger partial charge in [-0.3, -0.25) is 13.8 Å². The highest BCUT2D eigenvalue weighted by Crippen LogP contribution is 2.64. The van der Waals surface area contributed by atoms with Crippen molar-refractivity contribution in [3.05, 3.63) is 53.8 Å². The summed E-state index contributed by atoms with van der Waals surface area (Å²) in [7, 11) is -0.279. The number of hydrogen-bond donors (Lipinski definition) is 0. The van der Waals surface area contributed by atoms with E-state index in [2.05, 4.69) is 0 Å². The van der Waals surface area contributed by atoms with E-state index >= 15 is 0 Å². The first-order valence-corrected chi connectivity index (χ1v) is 9.54. The van der Waals surface area contributed by atoms with Crippen LogP contribution in [0.3, 0.4) is 0 Å². The van der Waals surface area contributed by atoms with Crippen LogP contribution in [-0.2, 0) is 25.1 Å². The summed E-state index contributed by atoms with van der Waals surface area (Å²) in [5, 5.41) is 0. The van der Waals surface area contributed by atoms with Crippen LogP contribution in [0.4, 0.5) is 0 Å². The number of Topliss-reactive ketones (excluding diaryl/α,β-unsaturated/α-hetero) is 1. The van der Waals surface area contributed by atoms with Crippen molar-refractivity contribution in [1.82, 2.24) is 0 Å². The highest BCUT2D eigenvalue weighted by molar-refractivity contribution is 7.87. The fourth-order valence-corrected chi connectivity index (χ4v) is 6.90. The minimum Gasteiger partial charge on any atom is -0.493 e. The van der Waals surface area contributed by atoms with Crippen molar-refractivity contribution in [2.75, 3.05) is 7.11 Å². The maximum absolute atomic E-state index is 13.7. The fraction of sp³-hybridized carbons (Fsp3) is 0.400. The smallest absolute Gasteiger partial charge is 0.218 e. The molecular formula is C20H20O4S. The van der Waals surface area contributed by atoms with Crippen LogP contribution in [0, 0.1) is 24.2 Å². The molecule has 5 heteroatoms. The van der Waals surface area contributed by atoms with E-state index in [0.717, 1.165) is 5.56 Å². The minimum absolute atomic E-state index is 0.0175. The number of aryl methyl sites for hydroxylation is 1. The molecule has 0 aromatic heterocycles. The van der Waals surface area contributed by atoms with Gasteiger partial charge in [-0.1, -0.05) is 29.8 Å². The zero-order valence-electron chi connectivity index (χ0n) is 14.4. The molecule has 0 aliphatic heterocycles. The molecule has 3 aliphatic carbocycles. The van der Waals surface area contributed by atoms with E-state index in [-0.39, 0.29) is 29.2 Å². The molecular weight excluding hydrogens is 336 g/mol. The van der Waals surface area contributed by atoms with Crippen LogP contribution in [0.5, 0.6) is 0 Å². The van der Waals surface area contributed by atoms with Crippen molar-refractivity contribution in [2.45, 2.75) is 29.9 Å². The maximum Gasteiger partial charge on any atom is 0.218 e. The van der Waals surface area contributed by atoms with E-state index in [4.69, 9.17) is 4.74 Å². The summed E-state index contributed by atoms with van der Waals surface area (Å²) in [6.07, 6.45) is 5.94. The summed E-state index contributed by atoms with van der Waals surface area (Å²) >= 11 is 0. The Kier molecular flexibility index (Phi) is 3.45. The SMILES string of the molecule is COC1=CC(=O)[C@]2(C)[C@@H]3C=C[C@@H](C3)[C@]2(S(=O)c2ccc(C)cc2)C1=O. The van der Waals surface area contributed by atoms with E-state index in [1.807, 2.05) is 31.2 Å². The molecule has 25 heavy (non-hydrogen) atoms. The number of fused-ring (bicyclic) bond motifs is 5. The van der Waals surface area contributed by atoms with Gasteiger partial charge in [-0.05, 0) is 38.3 Å². The van der Waals surface area contributed by atoms with Crippen LogP contribution in [-0.4, -0.2) is 27.6 Å². The average Bonchev–Trinajstić information content (AvgIpc) is 3.18. The number of ketones is 2. The second-order valence-corrected chi connectivity index (χ2v) is 8.91. The summed E-state index contributed by atoms with van der Waals surface area (Å²) in [5.41, 5.74) is 0.0544. The van der Waals surface area contributed by atoms with E-state index < -0.39 is 21.0 Å². The predicted octanol–water partition coefficient (Wildman–Crippen LogP) is 2.74. The van der Waals surface area contributed by atoms with Crippen molar-refractivity contribution < 1.29 is 18.5 Å². The number of carbonyl (C=O) groups excluding carboxylic acids is 2. The summed E-state index contributed by atoms with van der Waals surface area (Å²) in [5.74, 6) is -0.754. The lowest BCUT2D eigenvalue weighted by Gasteiger charge is -2.48. The number of hydrogen-bond acceptors (Lipinski definition) is 4. The second kappa shape index (κ2) is 5.24. The zero-order chi connectivity index (χ0) is 18.0. The molecule has 4 rings (SSSR count). The Morgan fingerprint density at radius 2 is 1.76 bits per heavy atom. The fourth-order valence-electron chi connectivity index (χ4n) is 4.79. The number of allylic oxidation sites excluding steroid dienone is 4. The second-order valence-electron chi connectivity index (χ2n) is 7.26. The first-order valence-electron chi connectivity index (χ1n) is 8.39. The van der Waals surface area contributed by atoms with Gasteiger partial charge in [0.05, 0.1) is 23.3 Å². The molecule has 0 amide bonds. The van der Waals surface area contributed by atoms with Crippen LogP contribution in [0.15, 0.2) is 53.1 Å². The Morgan fingerprint density at radius 3 is 2.40 bits per heavy atom. The van der Waals surface area contributed by atoms with Gasteiger partial charge in [-0.2, -0.15) is 0 Å². The number of ether oxygens (including phenoxy) is 1. The van der Waals surface area contributed by atoms with Gasteiger partial charge < -0.3 is 4.74 Å². The number of benzene rings is 1. The molecule has 0 heterocycles. The Bertz CT molecular complexity index is 866. The van der Waals surface area contributed by atoms with Crippen molar-refractivity contribution in [2.24, 2.45) is 17.3 Å². The van der Waals surface area contributed by atoms with Crippen LogP contribution in [0.2, 0.25) is 0 Å². The quantitative estimate of drug-likeness (QED) is 0.782. The lowest BCUT2D eigenvalue weighted by atomic mass is 9.62. The third-order valence-corrected chi connectivity index (χ3v) is 8.40. The molecule has 0 spiro atoms. The summed E-state index contributed by atoms with van der Waals surface area (Å²) in [4.78, 5) is 27.0. The molecule has 3 aliphatic rings. The monoisotopic (exact) mass is 356 g/mol. The molecule has 4 nitrogen and oxygen atoms in total. The summed E-state index contributed by atoms with van der Waals surface area (Å²) in [6, 6.07) is 7.34. The minimum atomic E-state index is -1.66. The number of methoxy groups -OCH3 is 1. The van der Waals surface area contributed by atoms with E-state index in [0.29, 0.717) is 11.3 Å². The molecule has 130 valence electrons. The predicted molar refractivity (Wildman–Crippen MR) is 94.3 cm³/mol. The zero-order valence-corrected chi connectivity index (χ0v) is 15.3. The van der Waals surface area contributed by atoms with Gasteiger partial charge in [-0.25, -0.2) is 0 Å². The average molecular weight is 356 g/mol. The van der Waals surface area contributed by atoms with Gasteiger partial charge in [0.15, 0.2) is 11.5 Å². The van der Waals surface area contributed by atoms with Gasteiger partial charge in [0, 0.05) is 16.9 Å². The van der Waals surface area contributed by atoms with E-state index in [9.17, 15) is 13.8 Å². The van der Waals surface area contributed by atoms with Crippen LogP contribution in [0.1, 0.15) is 18.9 Å². The first-order chi connectivity index (χ1) is 11.9.